The summed E-state index contributed by atoms with van der Waals surface area (Å²) in [6.07, 6.45) is -0.174. The molecule has 194 valence electrons. The van der Waals surface area contributed by atoms with Crippen molar-refractivity contribution in [2.75, 3.05) is 13.2 Å². The van der Waals surface area contributed by atoms with Crippen molar-refractivity contribution in [3.05, 3.63) is 108 Å². The first kappa shape index (κ1) is 26.1. The highest BCUT2D eigenvalue weighted by molar-refractivity contribution is 5.96. The van der Waals surface area contributed by atoms with Crippen LogP contribution in [0.25, 0.3) is 0 Å². The smallest absolute Gasteiger partial charge is 0.311 e. The molecule has 1 heterocycles. The summed E-state index contributed by atoms with van der Waals surface area (Å²) < 4.78 is 5.02. The van der Waals surface area contributed by atoms with E-state index in [1.54, 1.807) is 30.3 Å². The summed E-state index contributed by atoms with van der Waals surface area (Å²) in [7, 11) is 0. The normalized spacial score (nSPS) is 14.6. The van der Waals surface area contributed by atoms with Crippen LogP contribution in [0.1, 0.15) is 33.8 Å². The van der Waals surface area contributed by atoms with E-state index in [0.717, 1.165) is 16.1 Å². The number of hydrogen-bond donors (Lipinski definition) is 3. The van der Waals surface area contributed by atoms with E-state index in [0.29, 0.717) is 5.56 Å². The van der Waals surface area contributed by atoms with Crippen LogP contribution in [0.15, 0.2) is 91.0 Å². The van der Waals surface area contributed by atoms with Gasteiger partial charge in [-0.05, 0) is 23.3 Å². The van der Waals surface area contributed by atoms with Crippen molar-refractivity contribution in [3.63, 3.8) is 0 Å². The zero-order valence-electron chi connectivity index (χ0n) is 20.3. The molecule has 4 rings (SSSR count). The Bertz CT molecular complexity index is 1260. The van der Waals surface area contributed by atoms with E-state index in [1.807, 2.05) is 60.7 Å². The van der Waals surface area contributed by atoms with Crippen molar-refractivity contribution in [3.8, 4) is 0 Å². The third kappa shape index (κ3) is 6.61. The van der Waals surface area contributed by atoms with Crippen molar-refractivity contribution in [1.82, 2.24) is 21.3 Å². The molecular formula is C28H26N4O6. The topological polar surface area (TPSA) is 134 Å². The maximum atomic E-state index is 13.3. The van der Waals surface area contributed by atoms with Crippen molar-refractivity contribution in [2.45, 2.75) is 12.3 Å². The predicted molar refractivity (Wildman–Crippen MR) is 136 cm³/mol. The second-order valence-corrected chi connectivity index (χ2v) is 8.61. The molecule has 3 aromatic rings. The van der Waals surface area contributed by atoms with Crippen molar-refractivity contribution in [1.29, 1.82) is 0 Å². The largest absolute Gasteiger partial charge is 0.455 e. The zero-order chi connectivity index (χ0) is 26.9. The summed E-state index contributed by atoms with van der Waals surface area (Å²) in [5.74, 6) is -4.42. The molecule has 1 aliphatic heterocycles. The number of carbonyl (C=O) groups is 5. The maximum absolute atomic E-state index is 13.3. The standard InChI is InChI=1S/C28H26N4O6/c33-23(29-30-26(35)21-14-8-3-9-15-21)18-38-28(37)22-16-24(34)32(17-22)31-27(36)25(19-10-4-1-5-11-19)20-12-6-2-7-13-20/h1-15,22,25H,16-18H2,(H,29,33)(H,30,35)(H,31,36)/t22-/m0/s1. The Labute approximate surface area is 218 Å². The van der Waals surface area contributed by atoms with Crippen LogP contribution in [0.3, 0.4) is 0 Å². The molecule has 1 fully saturated rings. The number of hydrazine groups is 2. The van der Waals surface area contributed by atoms with E-state index in [2.05, 4.69) is 16.3 Å². The van der Waals surface area contributed by atoms with Gasteiger partial charge in [0, 0.05) is 12.0 Å². The number of amides is 4. The van der Waals surface area contributed by atoms with Crippen molar-refractivity contribution >= 4 is 29.6 Å². The first-order chi connectivity index (χ1) is 18.4. The number of hydrogen-bond acceptors (Lipinski definition) is 6. The van der Waals surface area contributed by atoms with Crippen molar-refractivity contribution < 1.29 is 28.7 Å². The van der Waals surface area contributed by atoms with Gasteiger partial charge in [-0.3, -0.25) is 45.3 Å². The number of carbonyl (C=O) groups excluding carboxylic acids is 5. The fourth-order valence-corrected chi connectivity index (χ4v) is 4.04. The third-order valence-electron chi connectivity index (χ3n) is 5.93. The predicted octanol–water partition coefficient (Wildman–Crippen LogP) is 1.70. The Morgan fingerprint density at radius 1 is 0.816 bits per heavy atom. The number of nitrogens with zero attached hydrogens (tertiary/aromatic N) is 1. The second kappa shape index (κ2) is 12.3. The molecule has 4 amide bonds. The van der Waals surface area contributed by atoms with Gasteiger partial charge in [0.1, 0.15) is 0 Å². The van der Waals surface area contributed by atoms with Crippen LogP contribution in [-0.2, 0) is 23.9 Å². The van der Waals surface area contributed by atoms with Gasteiger partial charge in [0.2, 0.25) is 5.91 Å². The summed E-state index contributed by atoms with van der Waals surface area (Å²) in [5, 5.41) is 1.10. The van der Waals surface area contributed by atoms with E-state index >= 15 is 0 Å². The number of ether oxygens (including phenoxy) is 1. The molecule has 0 radical (unpaired) electrons. The van der Waals surface area contributed by atoms with Crippen LogP contribution >= 0.6 is 0 Å². The second-order valence-electron chi connectivity index (χ2n) is 8.61. The molecule has 0 saturated carbocycles. The Hall–Kier alpha value is -4.99. The van der Waals surface area contributed by atoms with E-state index < -0.39 is 48.0 Å². The summed E-state index contributed by atoms with van der Waals surface area (Å²) in [4.78, 5) is 62.2. The molecule has 10 heteroatoms. The summed E-state index contributed by atoms with van der Waals surface area (Å²) in [5.41, 5.74) is 8.88. The number of benzene rings is 3. The van der Waals surface area contributed by atoms with E-state index in [1.165, 1.54) is 0 Å². The molecule has 0 aliphatic carbocycles. The Morgan fingerprint density at radius 2 is 1.37 bits per heavy atom. The monoisotopic (exact) mass is 514 g/mol. The minimum Gasteiger partial charge on any atom is -0.455 e. The van der Waals surface area contributed by atoms with Gasteiger partial charge < -0.3 is 4.74 Å². The molecule has 0 spiro atoms. The van der Waals surface area contributed by atoms with Crippen molar-refractivity contribution in [2.24, 2.45) is 5.92 Å². The van der Waals surface area contributed by atoms with Crippen LogP contribution < -0.4 is 16.3 Å². The van der Waals surface area contributed by atoms with Crippen LogP contribution in [-0.4, -0.2) is 47.8 Å². The van der Waals surface area contributed by atoms with Gasteiger partial charge in [-0.2, -0.15) is 0 Å². The van der Waals surface area contributed by atoms with Crippen LogP contribution in [0, 0.1) is 5.92 Å². The number of nitrogens with one attached hydrogen (secondary N) is 3. The maximum Gasteiger partial charge on any atom is 0.311 e. The fourth-order valence-electron chi connectivity index (χ4n) is 4.04. The molecule has 0 bridgehead atoms. The van der Waals surface area contributed by atoms with Crippen LogP contribution in [0.4, 0.5) is 0 Å². The molecule has 38 heavy (non-hydrogen) atoms. The molecule has 1 aliphatic rings. The highest BCUT2D eigenvalue weighted by Crippen LogP contribution is 2.26. The number of rotatable bonds is 8. The van der Waals surface area contributed by atoms with Gasteiger partial charge in [0.05, 0.1) is 18.4 Å². The SMILES string of the molecule is O=C(COC(=O)[C@H]1CC(=O)N(NC(=O)C(c2ccccc2)c2ccccc2)C1)NNC(=O)c1ccccc1. The molecule has 10 nitrogen and oxygen atoms in total. The lowest BCUT2D eigenvalue weighted by Gasteiger charge is -2.23. The van der Waals surface area contributed by atoms with Gasteiger partial charge in [-0.25, -0.2) is 0 Å². The van der Waals surface area contributed by atoms with Crippen LogP contribution in [0.5, 0.6) is 0 Å². The fraction of sp³-hybridized carbons (Fsp3) is 0.179. The quantitative estimate of drug-likeness (QED) is 0.310. The van der Waals surface area contributed by atoms with E-state index in [4.69, 9.17) is 4.74 Å². The molecule has 0 aromatic heterocycles. The molecule has 1 saturated heterocycles. The average molecular weight is 515 g/mol. The lowest BCUT2D eigenvalue weighted by Crippen LogP contribution is -2.46. The van der Waals surface area contributed by atoms with E-state index in [9.17, 15) is 24.0 Å². The Kier molecular flexibility index (Phi) is 8.45. The Balaban J connectivity index is 1.29. The molecule has 0 unspecified atom stereocenters. The summed E-state index contributed by atoms with van der Waals surface area (Å²) in [6, 6.07) is 26.6. The molecular weight excluding hydrogens is 488 g/mol. The molecule has 1 atom stereocenters. The van der Waals surface area contributed by atoms with Gasteiger partial charge >= 0.3 is 5.97 Å². The zero-order valence-corrected chi connectivity index (χ0v) is 20.3. The van der Waals surface area contributed by atoms with Gasteiger partial charge in [0.25, 0.3) is 17.7 Å². The summed E-state index contributed by atoms with van der Waals surface area (Å²) in [6.45, 7) is -0.735. The van der Waals surface area contributed by atoms with Gasteiger partial charge in [-0.15, -0.1) is 0 Å². The highest BCUT2D eigenvalue weighted by Gasteiger charge is 2.37. The minimum atomic E-state index is -0.860. The lowest BCUT2D eigenvalue weighted by molar-refractivity contribution is -0.152. The van der Waals surface area contributed by atoms with Gasteiger partial charge in [0.15, 0.2) is 6.61 Å². The van der Waals surface area contributed by atoms with Crippen LogP contribution in [0.2, 0.25) is 0 Å². The highest BCUT2D eigenvalue weighted by atomic mass is 16.5. The summed E-state index contributed by atoms with van der Waals surface area (Å²) >= 11 is 0. The number of esters is 1. The van der Waals surface area contributed by atoms with E-state index in [-0.39, 0.29) is 13.0 Å². The molecule has 3 N–H and O–H groups in total. The Morgan fingerprint density at radius 3 is 1.95 bits per heavy atom. The minimum absolute atomic E-state index is 0.0912. The lowest BCUT2D eigenvalue weighted by atomic mass is 9.91. The first-order valence-electron chi connectivity index (χ1n) is 11.9. The van der Waals surface area contributed by atoms with Gasteiger partial charge in [-0.1, -0.05) is 78.9 Å². The molecule has 3 aromatic carbocycles. The first-order valence-corrected chi connectivity index (χ1v) is 11.9. The third-order valence-corrected chi connectivity index (χ3v) is 5.93. The average Bonchev–Trinajstić information content (AvgIpc) is 3.32.